The van der Waals surface area contributed by atoms with E-state index in [4.69, 9.17) is 4.74 Å². The zero-order valence-corrected chi connectivity index (χ0v) is 11.2. The molecule has 1 fully saturated rings. The fourth-order valence-corrected chi connectivity index (χ4v) is 2.66. The Hall–Kier alpha value is -0.160. The third-order valence-electron chi connectivity index (χ3n) is 2.74. The van der Waals surface area contributed by atoms with E-state index in [0.29, 0.717) is 5.92 Å². The summed E-state index contributed by atoms with van der Waals surface area (Å²) in [5.74, 6) is 0.630. The summed E-state index contributed by atoms with van der Waals surface area (Å²) in [6, 6.07) is 0. The summed E-state index contributed by atoms with van der Waals surface area (Å²) in [6.07, 6.45) is 2.26. The number of hydrogen-bond donors (Lipinski definition) is 1. The van der Waals surface area contributed by atoms with Crippen LogP contribution in [0.4, 0.5) is 0 Å². The largest absolute Gasteiger partial charge is 0.381 e. The molecule has 1 N–H and O–H groups in total. The van der Waals surface area contributed by atoms with Gasteiger partial charge in [-0.25, -0.2) is 4.98 Å². The Kier molecular flexibility index (Phi) is 6.28. The number of nitrogens with one attached hydrogen (secondary N) is 1. The summed E-state index contributed by atoms with van der Waals surface area (Å²) in [6.45, 7) is 5.82. The third kappa shape index (κ3) is 3.70. The van der Waals surface area contributed by atoms with E-state index in [0.717, 1.165) is 39.1 Å². The highest BCUT2D eigenvalue weighted by atomic mass is 35.5. The molecule has 0 bridgehead atoms. The van der Waals surface area contributed by atoms with Gasteiger partial charge in [-0.3, -0.25) is 0 Å². The number of thiazole rings is 1. The standard InChI is InChI=1S/C11H18N2OS.ClH/c1-2-12-7-11-13-10(8-15-11)9-3-5-14-6-4-9;/h8-9,12H,2-7H2,1H3;1H. The van der Waals surface area contributed by atoms with E-state index < -0.39 is 0 Å². The van der Waals surface area contributed by atoms with Gasteiger partial charge in [0.15, 0.2) is 0 Å². The molecular weight excluding hydrogens is 244 g/mol. The maximum absolute atomic E-state index is 5.36. The minimum absolute atomic E-state index is 0. The van der Waals surface area contributed by atoms with Gasteiger partial charge in [-0.15, -0.1) is 23.7 Å². The Morgan fingerprint density at radius 3 is 2.94 bits per heavy atom. The first-order chi connectivity index (χ1) is 7.40. The van der Waals surface area contributed by atoms with E-state index in [2.05, 4.69) is 22.6 Å². The van der Waals surface area contributed by atoms with Crippen molar-refractivity contribution in [1.82, 2.24) is 10.3 Å². The topological polar surface area (TPSA) is 34.2 Å². The Morgan fingerprint density at radius 1 is 1.50 bits per heavy atom. The van der Waals surface area contributed by atoms with Crippen LogP contribution in [0.1, 0.15) is 36.4 Å². The van der Waals surface area contributed by atoms with Crippen molar-refractivity contribution in [1.29, 1.82) is 0 Å². The minimum Gasteiger partial charge on any atom is -0.381 e. The lowest BCUT2D eigenvalue weighted by molar-refractivity contribution is 0.0846. The molecule has 1 saturated heterocycles. The number of ether oxygens (including phenoxy) is 1. The molecule has 0 radical (unpaired) electrons. The SMILES string of the molecule is CCNCc1nc(C2CCOCC2)cs1.Cl. The molecule has 16 heavy (non-hydrogen) atoms. The Labute approximate surface area is 107 Å². The number of rotatable bonds is 4. The van der Waals surface area contributed by atoms with Crippen molar-refractivity contribution in [3.63, 3.8) is 0 Å². The second-order valence-electron chi connectivity index (χ2n) is 3.83. The molecule has 0 spiro atoms. The second-order valence-corrected chi connectivity index (χ2v) is 4.78. The van der Waals surface area contributed by atoms with Crippen molar-refractivity contribution in [2.45, 2.75) is 32.2 Å². The van der Waals surface area contributed by atoms with Crippen LogP contribution in [0.25, 0.3) is 0 Å². The van der Waals surface area contributed by atoms with Crippen molar-refractivity contribution >= 4 is 23.7 Å². The fraction of sp³-hybridized carbons (Fsp3) is 0.727. The summed E-state index contributed by atoms with van der Waals surface area (Å²) < 4.78 is 5.36. The normalized spacial score (nSPS) is 17.1. The van der Waals surface area contributed by atoms with Crippen LogP contribution < -0.4 is 5.32 Å². The zero-order chi connectivity index (χ0) is 10.5. The van der Waals surface area contributed by atoms with Crippen LogP contribution in [-0.2, 0) is 11.3 Å². The van der Waals surface area contributed by atoms with E-state index in [9.17, 15) is 0 Å². The van der Waals surface area contributed by atoms with Crippen LogP contribution in [0.3, 0.4) is 0 Å². The molecule has 1 aromatic rings. The number of nitrogens with zero attached hydrogens (tertiary/aromatic N) is 1. The van der Waals surface area contributed by atoms with Crippen LogP contribution in [0.15, 0.2) is 5.38 Å². The molecule has 0 amide bonds. The molecule has 1 aliphatic heterocycles. The lowest BCUT2D eigenvalue weighted by Gasteiger charge is -2.19. The van der Waals surface area contributed by atoms with Crippen LogP contribution in [0, 0.1) is 0 Å². The lowest BCUT2D eigenvalue weighted by Crippen LogP contribution is -2.15. The average Bonchev–Trinajstić information content (AvgIpc) is 2.76. The molecule has 92 valence electrons. The zero-order valence-electron chi connectivity index (χ0n) is 9.57. The number of halogens is 1. The summed E-state index contributed by atoms with van der Waals surface area (Å²) in [7, 11) is 0. The van der Waals surface area contributed by atoms with Crippen LogP contribution in [0.2, 0.25) is 0 Å². The van der Waals surface area contributed by atoms with Gasteiger partial charge in [0.1, 0.15) is 5.01 Å². The third-order valence-corrected chi connectivity index (χ3v) is 3.60. The second kappa shape index (κ2) is 7.22. The van der Waals surface area contributed by atoms with Crippen molar-refractivity contribution < 1.29 is 4.74 Å². The summed E-state index contributed by atoms with van der Waals surface area (Å²) in [5, 5.41) is 6.72. The molecule has 0 aliphatic carbocycles. The highest BCUT2D eigenvalue weighted by Gasteiger charge is 2.18. The molecule has 0 atom stereocenters. The molecule has 5 heteroatoms. The Balaban J connectivity index is 0.00000128. The van der Waals surface area contributed by atoms with E-state index in [1.54, 1.807) is 11.3 Å². The summed E-state index contributed by atoms with van der Waals surface area (Å²) in [5.41, 5.74) is 1.27. The van der Waals surface area contributed by atoms with Crippen LogP contribution in [0.5, 0.6) is 0 Å². The van der Waals surface area contributed by atoms with E-state index in [1.165, 1.54) is 10.7 Å². The van der Waals surface area contributed by atoms with Gasteiger partial charge in [-0.2, -0.15) is 0 Å². The first-order valence-electron chi connectivity index (χ1n) is 5.63. The number of aromatic nitrogens is 1. The van der Waals surface area contributed by atoms with Crippen molar-refractivity contribution in [2.24, 2.45) is 0 Å². The molecule has 3 nitrogen and oxygen atoms in total. The molecule has 0 unspecified atom stereocenters. The Bertz CT molecular complexity index is 300. The first kappa shape index (κ1) is 13.9. The van der Waals surface area contributed by atoms with Crippen LogP contribution in [-0.4, -0.2) is 24.7 Å². The highest BCUT2D eigenvalue weighted by Crippen LogP contribution is 2.27. The maximum Gasteiger partial charge on any atom is 0.107 e. The van der Waals surface area contributed by atoms with Gasteiger partial charge in [0, 0.05) is 31.1 Å². The predicted molar refractivity (Wildman–Crippen MR) is 69.5 cm³/mol. The monoisotopic (exact) mass is 262 g/mol. The van der Waals surface area contributed by atoms with Crippen molar-refractivity contribution in [3.8, 4) is 0 Å². The van der Waals surface area contributed by atoms with Gasteiger partial charge < -0.3 is 10.1 Å². The smallest absolute Gasteiger partial charge is 0.107 e. The quantitative estimate of drug-likeness (QED) is 0.906. The molecule has 0 saturated carbocycles. The fourth-order valence-electron chi connectivity index (χ4n) is 1.82. The van der Waals surface area contributed by atoms with Crippen molar-refractivity contribution in [2.75, 3.05) is 19.8 Å². The first-order valence-corrected chi connectivity index (χ1v) is 6.51. The van der Waals surface area contributed by atoms with E-state index in [-0.39, 0.29) is 12.4 Å². The molecule has 0 aromatic carbocycles. The van der Waals surface area contributed by atoms with Gasteiger partial charge in [0.25, 0.3) is 0 Å². The molecule has 1 aromatic heterocycles. The highest BCUT2D eigenvalue weighted by molar-refractivity contribution is 7.09. The van der Waals surface area contributed by atoms with Gasteiger partial charge in [-0.05, 0) is 19.4 Å². The number of hydrogen-bond acceptors (Lipinski definition) is 4. The van der Waals surface area contributed by atoms with Gasteiger partial charge in [0.05, 0.1) is 5.69 Å². The minimum atomic E-state index is 0. The average molecular weight is 263 g/mol. The lowest BCUT2D eigenvalue weighted by atomic mass is 9.98. The summed E-state index contributed by atoms with van der Waals surface area (Å²) >= 11 is 1.77. The predicted octanol–water partition coefficient (Wildman–Crippen LogP) is 2.57. The molecule has 2 rings (SSSR count). The van der Waals surface area contributed by atoms with Gasteiger partial charge in [-0.1, -0.05) is 6.92 Å². The summed E-state index contributed by atoms with van der Waals surface area (Å²) in [4.78, 5) is 4.67. The maximum atomic E-state index is 5.36. The molecular formula is C11H19ClN2OS. The van der Waals surface area contributed by atoms with Gasteiger partial charge >= 0.3 is 0 Å². The Morgan fingerprint density at radius 2 is 2.25 bits per heavy atom. The molecule has 1 aliphatic rings. The van der Waals surface area contributed by atoms with E-state index >= 15 is 0 Å². The van der Waals surface area contributed by atoms with Crippen molar-refractivity contribution in [3.05, 3.63) is 16.1 Å². The van der Waals surface area contributed by atoms with Crippen LogP contribution >= 0.6 is 23.7 Å². The molecule has 2 heterocycles. The van der Waals surface area contributed by atoms with Gasteiger partial charge in [0.2, 0.25) is 0 Å². The van der Waals surface area contributed by atoms with E-state index in [1.807, 2.05) is 0 Å².